The van der Waals surface area contributed by atoms with E-state index < -0.39 is 5.91 Å². The summed E-state index contributed by atoms with van der Waals surface area (Å²) in [6.45, 7) is 0.720. The summed E-state index contributed by atoms with van der Waals surface area (Å²) >= 11 is 0. The van der Waals surface area contributed by atoms with Gasteiger partial charge < -0.3 is 4.74 Å². The maximum Gasteiger partial charge on any atom is 0.256 e. The maximum atomic E-state index is 11.0. The van der Waals surface area contributed by atoms with Crippen LogP contribution >= 0.6 is 0 Å². The molecule has 4 nitrogen and oxygen atoms in total. The molecule has 0 saturated heterocycles. The van der Waals surface area contributed by atoms with Gasteiger partial charge in [-0.25, -0.2) is 0 Å². The van der Waals surface area contributed by atoms with Crippen LogP contribution in [0.2, 0.25) is 0 Å². The molecule has 16 heavy (non-hydrogen) atoms. The van der Waals surface area contributed by atoms with E-state index in [2.05, 4.69) is 0 Å². The molecule has 0 bridgehead atoms. The van der Waals surface area contributed by atoms with Crippen molar-refractivity contribution in [2.24, 2.45) is 0 Å². The minimum atomic E-state index is -0.417. The molecule has 0 atom stereocenters. The Hall–Kier alpha value is -2.28. The lowest BCUT2D eigenvalue weighted by Crippen LogP contribution is -2.13. The van der Waals surface area contributed by atoms with Crippen molar-refractivity contribution in [3.05, 3.63) is 35.4 Å². The minimum absolute atomic E-state index is 0.417. The molecule has 0 aromatic heterocycles. The third-order valence-electron chi connectivity index (χ3n) is 2.32. The highest BCUT2D eigenvalue weighted by atomic mass is 16.5. The number of ether oxygens (including phenoxy) is 1. The van der Waals surface area contributed by atoms with Crippen LogP contribution in [0, 0.1) is 11.5 Å². The third kappa shape index (κ3) is 2.20. The molecule has 0 saturated carbocycles. The summed E-state index contributed by atoms with van der Waals surface area (Å²) in [6, 6.07) is 5.75. The van der Waals surface area contributed by atoms with Crippen molar-refractivity contribution in [3.8, 4) is 11.9 Å². The first-order chi connectivity index (χ1) is 7.79. The molecule has 1 aromatic carbocycles. The van der Waals surface area contributed by atoms with Crippen LogP contribution in [0.1, 0.15) is 11.1 Å². The van der Waals surface area contributed by atoms with E-state index in [0.717, 1.165) is 29.9 Å². The Morgan fingerprint density at radius 3 is 3.25 bits per heavy atom. The van der Waals surface area contributed by atoms with Crippen molar-refractivity contribution in [2.45, 2.75) is 6.42 Å². The number of nitrogens with zero attached hydrogens (tertiary/aromatic N) is 1. The molecule has 1 aromatic rings. The quantitative estimate of drug-likeness (QED) is 0.457. The van der Waals surface area contributed by atoms with Gasteiger partial charge in [0.2, 0.25) is 0 Å². The Morgan fingerprint density at radius 1 is 1.56 bits per heavy atom. The average molecular weight is 214 g/mol. The van der Waals surface area contributed by atoms with Gasteiger partial charge in [0.05, 0.1) is 6.61 Å². The number of fused-ring (bicyclic) bond motifs is 1. The third-order valence-corrected chi connectivity index (χ3v) is 2.32. The zero-order valence-corrected chi connectivity index (χ0v) is 8.56. The van der Waals surface area contributed by atoms with Gasteiger partial charge >= 0.3 is 0 Å². The summed E-state index contributed by atoms with van der Waals surface area (Å²) in [6.07, 6.45) is 5.48. The Bertz CT molecular complexity index is 486. The van der Waals surface area contributed by atoms with Crippen LogP contribution in [-0.4, -0.2) is 12.5 Å². The lowest BCUT2D eigenvalue weighted by molar-refractivity contribution is -0.115. The highest BCUT2D eigenvalue weighted by Crippen LogP contribution is 2.26. The first kappa shape index (κ1) is 10.2. The Balaban J connectivity index is 2.11. The minimum Gasteiger partial charge on any atom is -0.493 e. The molecule has 1 amide bonds. The van der Waals surface area contributed by atoms with Gasteiger partial charge in [-0.2, -0.15) is 5.26 Å². The van der Waals surface area contributed by atoms with E-state index in [1.165, 1.54) is 6.08 Å². The molecule has 0 aliphatic carbocycles. The SMILES string of the molecule is N#CNC(=O)C=Cc1ccc2c(c1)CCO2. The lowest BCUT2D eigenvalue weighted by atomic mass is 10.1. The van der Waals surface area contributed by atoms with Gasteiger partial charge in [-0.3, -0.25) is 10.1 Å². The predicted octanol–water partition coefficient (Wildman–Crippen LogP) is 1.23. The van der Waals surface area contributed by atoms with Crippen LogP contribution in [-0.2, 0) is 11.2 Å². The van der Waals surface area contributed by atoms with Crippen molar-refractivity contribution in [1.29, 1.82) is 5.26 Å². The van der Waals surface area contributed by atoms with Crippen LogP contribution in [0.15, 0.2) is 24.3 Å². The largest absolute Gasteiger partial charge is 0.493 e. The summed E-state index contributed by atoms with van der Waals surface area (Å²) in [5.74, 6) is 0.498. The van der Waals surface area contributed by atoms with Gasteiger partial charge in [-0.1, -0.05) is 6.07 Å². The summed E-state index contributed by atoms with van der Waals surface area (Å²) in [4.78, 5) is 11.0. The molecule has 0 unspecified atom stereocenters. The number of carbonyl (C=O) groups excluding carboxylic acids is 1. The van der Waals surface area contributed by atoms with E-state index >= 15 is 0 Å². The first-order valence-electron chi connectivity index (χ1n) is 4.92. The van der Waals surface area contributed by atoms with E-state index in [9.17, 15) is 4.79 Å². The number of hydrogen-bond acceptors (Lipinski definition) is 3. The number of benzene rings is 1. The monoisotopic (exact) mass is 214 g/mol. The van der Waals surface area contributed by atoms with E-state index in [1.54, 1.807) is 12.3 Å². The second-order valence-electron chi connectivity index (χ2n) is 3.40. The zero-order valence-electron chi connectivity index (χ0n) is 8.56. The number of rotatable bonds is 2. The second-order valence-corrected chi connectivity index (χ2v) is 3.40. The number of nitriles is 1. The Kier molecular flexibility index (Phi) is 2.88. The smallest absolute Gasteiger partial charge is 0.256 e. The molecule has 4 heteroatoms. The average Bonchev–Trinajstić information content (AvgIpc) is 2.74. The Morgan fingerprint density at radius 2 is 2.44 bits per heavy atom. The highest BCUT2D eigenvalue weighted by Gasteiger charge is 2.10. The molecule has 1 aliphatic heterocycles. The van der Waals surface area contributed by atoms with Crippen molar-refractivity contribution >= 4 is 12.0 Å². The summed E-state index contributed by atoms with van der Waals surface area (Å²) in [5, 5.41) is 10.3. The molecular formula is C12H10N2O2. The van der Waals surface area contributed by atoms with Gasteiger partial charge in [0.25, 0.3) is 5.91 Å². The Labute approximate surface area is 93.1 Å². The van der Waals surface area contributed by atoms with Gasteiger partial charge in [0.1, 0.15) is 5.75 Å². The van der Waals surface area contributed by atoms with Crippen molar-refractivity contribution < 1.29 is 9.53 Å². The van der Waals surface area contributed by atoms with Crippen LogP contribution in [0.4, 0.5) is 0 Å². The molecule has 0 spiro atoms. The van der Waals surface area contributed by atoms with Crippen molar-refractivity contribution in [1.82, 2.24) is 5.32 Å². The fourth-order valence-electron chi connectivity index (χ4n) is 1.58. The summed E-state index contributed by atoms with van der Waals surface area (Å²) < 4.78 is 5.37. The summed E-state index contributed by atoms with van der Waals surface area (Å²) in [5.41, 5.74) is 2.08. The van der Waals surface area contributed by atoms with E-state index in [0.29, 0.717) is 0 Å². The molecule has 80 valence electrons. The standard InChI is InChI=1S/C12H10N2O2/c13-8-14-12(15)4-2-9-1-3-11-10(7-9)5-6-16-11/h1-4,7H,5-6H2,(H,14,15). The molecule has 0 radical (unpaired) electrons. The number of carbonyl (C=O) groups is 1. The number of nitrogens with one attached hydrogen (secondary N) is 1. The first-order valence-corrected chi connectivity index (χ1v) is 4.92. The second kappa shape index (κ2) is 4.49. The summed E-state index contributed by atoms with van der Waals surface area (Å²) in [7, 11) is 0. The molecule has 2 rings (SSSR count). The fourth-order valence-corrected chi connectivity index (χ4v) is 1.58. The maximum absolute atomic E-state index is 11.0. The fraction of sp³-hybridized carbons (Fsp3) is 0.167. The molecule has 1 aliphatic rings. The van der Waals surface area contributed by atoms with Gasteiger partial charge in [0, 0.05) is 12.5 Å². The van der Waals surface area contributed by atoms with E-state index in [-0.39, 0.29) is 0 Å². The lowest BCUT2D eigenvalue weighted by Gasteiger charge is -1.99. The molecule has 0 fully saturated rings. The topological polar surface area (TPSA) is 62.1 Å². The zero-order chi connectivity index (χ0) is 11.4. The van der Waals surface area contributed by atoms with Crippen LogP contribution in [0.3, 0.4) is 0 Å². The van der Waals surface area contributed by atoms with Crippen LogP contribution in [0.5, 0.6) is 5.75 Å². The van der Waals surface area contributed by atoms with E-state index in [4.69, 9.17) is 10.00 Å². The molecular weight excluding hydrogens is 204 g/mol. The highest BCUT2D eigenvalue weighted by molar-refractivity contribution is 5.92. The van der Waals surface area contributed by atoms with Crippen LogP contribution in [0.25, 0.3) is 6.08 Å². The normalized spacial score (nSPS) is 12.9. The predicted molar refractivity (Wildman–Crippen MR) is 58.4 cm³/mol. The van der Waals surface area contributed by atoms with Crippen LogP contribution < -0.4 is 10.1 Å². The van der Waals surface area contributed by atoms with Crippen molar-refractivity contribution in [2.75, 3.05) is 6.61 Å². The molecule has 1 N–H and O–H groups in total. The van der Waals surface area contributed by atoms with E-state index in [1.807, 2.05) is 23.5 Å². The van der Waals surface area contributed by atoms with Crippen molar-refractivity contribution in [3.63, 3.8) is 0 Å². The molecule has 1 heterocycles. The number of hydrogen-bond donors (Lipinski definition) is 1. The van der Waals surface area contributed by atoms with Gasteiger partial charge in [-0.15, -0.1) is 0 Å². The van der Waals surface area contributed by atoms with Gasteiger partial charge in [0.15, 0.2) is 6.19 Å². The number of amides is 1. The van der Waals surface area contributed by atoms with Gasteiger partial charge in [-0.05, 0) is 29.3 Å².